The molecule has 25 heavy (non-hydrogen) atoms. The molecule has 0 radical (unpaired) electrons. The molecule has 0 aromatic carbocycles. The zero-order valence-electron chi connectivity index (χ0n) is 13.8. The van der Waals surface area contributed by atoms with E-state index >= 15 is 0 Å². The summed E-state index contributed by atoms with van der Waals surface area (Å²) in [5.41, 5.74) is 0.873. The predicted molar refractivity (Wildman–Crippen MR) is 102 cm³/mol. The first-order chi connectivity index (χ1) is 12.2. The molecule has 2 aromatic heterocycles. The molecule has 130 valence electrons. The van der Waals surface area contributed by atoms with Crippen molar-refractivity contribution in [3.05, 3.63) is 37.2 Å². The lowest BCUT2D eigenvalue weighted by molar-refractivity contribution is -0.118. The third-order valence-corrected chi connectivity index (χ3v) is 5.39. The van der Waals surface area contributed by atoms with Crippen LogP contribution in [0.3, 0.4) is 0 Å². The zero-order valence-corrected chi connectivity index (χ0v) is 15.4. The zero-order chi connectivity index (χ0) is 17.6. The van der Waals surface area contributed by atoms with E-state index in [0.717, 1.165) is 17.9 Å². The number of hydrogen-bond donors (Lipinski definition) is 1. The number of aliphatic imine (C=N–C) groups is 1. The first-order valence-corrected chi connectivity index (χ1v) is 9.65. The molecule has 0 aliphatic carbocycles. The van der Waals surface area contributed by atoms with Crippen LogP contribution in [-0.2, 0) is 11.3 Å². The third-order valence-electron chi connectivity index (χ3n) is 3.42. The van der Waals surface area contributed by atoms with Crippen LogP contribution in [0.1, 0.15) is 6.92 Å². The van der Waals surface area contributed by atoms with Crippen LogP contribution < -0.4 is 5.32 Å². The number of amidine groups is 1. The molecule has 0 saturated heterocycles. The Morgan fingerprint density at radius 1 is 1.56 bits per heavy atom. The Bertz CT molecular complexity index is 789. The van der Waals surface area contributed by atoms with Crippen molar-refractivity contribution in [3.63, 3.8) is 0 Å². The largest absolute Gasteiger partial charge is 0.304 e. The summed E-state index contributed by atoms with van der Waals surface area (Å²) in [6.07, 6.45) is 5.23. The molecular weight excluding hydrogens is 356 g/mol. The second kappa shape index (κ2) is 8.30. The Morgan fingerprint density at radius 2 is 2.44 bits per heavy atom. The van der Waals surface area contributed by atoms with Crippen molar-refractivity contribution < 1.29 is 4.79 Å². The molecular formula is C16H18N6OS2. The molecule has 7 nitrogen and oxygen atoms in total. The van der Waals surface area contributed by atoms with Gasteiger partial charge in [0.2, 0.25) is 5.91 Å². The van der Waals surface area contributed by atoms with E-state index in [1.54, 1.807) is 30.2 Å². The van der Waals surface area contributed by atoms with Crippen LogP contribution in [0.25, 0.3) is 11.4 Å². The van der Waals surface area contributed by atoms with Crippen LogP contribution in [0.5, 0.6) is 0 Å². The Hall–Kier alpha value is -2.13. The van der Waals surface area contributed by atoms with Crippen molar-refractivity contribution in [3.8, 4) is 11.4 Å². The number of carbonyl (C=O) groups excluding carboxylic acids is 1. The second-order valence-electron chi connectivity index (χ2n) is 5.23. The minimum atomic E-state index is -0.321. The summed E-state index contributed by atoms with van der Waals surface area (Å²) in [5.74, 6) is 1.53. The SMILES string of the molecule is C=CCn1c(SC(C)C(=O)NC2=NCCS2)nnc1-c1cccnc1. The summed E-state index contributed by atoms with van der Waals surface area (Å²) in [6.45, 7) is 6.95. The molecule has 0 fully saturated rings. The summed E-state index contributed by atoms with van der Waals surface area (Å²) in [5, 5.41) is 12.4. The van der Waals surface area contributed by atoms with Gasteiger partial charge in [0.15, 0.2) is 16.1 Å². The number of nitrogens with zero attached hydrogens (tertiary/aromatic N) is 5. The van der Waals surface area contributed by atoms with Gasteiger partial charge in [-0.15, -0.1) is 16.8 Å². The second-order valence-corrected chi connectivity index (χ2v) is 7.62. The number of allylic oxidation sites excluding steroid dienone is 1. The molecule has 1 aliphatic rings. The van der Waals surface area contributed by atoms with Crippen molar-refractivity contribution >= 4 is 34.6 Å². The van der Waals surface area contributed by atoms with Gasteiger partial charge >= 0.3 is 0 Å². The maximum absolute atomic E-state index is 12.3. The fraction of sp³-hybridized carbons (Fsp3) is 0.312. The van der Waals surface area contributed by atoms with Crippen LogP contribution in [0, 0.1) is 0 Å². The summed E-state index contributed by atoms with van der Waals surface area (Å²) >= 11 is 2.92. The number of carbonyl (C=O) groups is 1. The monoisotopic (exact) mass is 374 g/mol. The highest BCUT2D eigenvalue weighted by Gasteiger charge is 2.22. The van der Waals surface area contributed by atoms with E-state index in [9.17, 15) is 4.79 Å². The maximum atomic E-state index is 12.3. The number of pyridine rings is 1. The Kier molecular flexibility index (Phi) is 5.87. The number of thioether (sulfide) groups is 2. The van der Waals surface area contributed by atoms with Gasteiger partial charge in [0.1, 0.15) is 0 Å². The molecule has 1 N–H and O–H groups in total. The van der Waals surface area contributed by atoms with Gasteiger partial charge in [-0.3, -0.25) is 19.3 Å². The van der Waals surface area contributed by atoms with Gasteiger partial charge < -0.3 is 5.32 Å². The first kappa shape index (κ1) is 17.7. The maximum Gasteiger partial charge on any atom is 0.239 e. The van der Waals surface area contributed by atoms with Gasteiger partial charge in [-0.1, -0.05) is 29.6 Å². The highest BCUT2D eigenvalue weighted by Crippen LogP contribution is 2.26. The van der Waals surface area contributed by atoms with E-state index in [4.69, 9.17) is 0 Å². The molecule has 1 unspecified atom stereocenters. The fourth-order valence-electron chi connectivity index (χ4n) is 2.21. The standard InChI is InChI=1S/C16H18N6OS2/c1-3-8-22-13(12-5-4-6-17-10-12)20-21-16(22)25-11(2)14(23)19-15-18-7-9-24-15/h3-6,10-11H,1,7-9H2,2H3,(H,18,19,23). The number of amides is 1. The fourth-order valence-corrected chi connectivity index (χ4v) is 3.80. The van der Waals surface area contributed by atoms with Crippen molar-refractivity contribution in [2.45, 2.75) is 23.9 Å². The molecule has 0 saturated carbocycles. The van der Waals surface area contributed by atoms with Crippen molar-refractivity contribution in [1.82, 2.24) is 25.1 Å². The molecule has 1 amide bonds. The number of hydrogen-bond acceptors (Lipinski definition) is 7. The highest BCUT2D eigenvalue weighted by molar-refractivity contribution is 8.14. The van der Waals surface area contributed by atoms with Gasteiger partial charge in [0, 0.05) is 30.3 Å². The Morgan fingerprint density at radius 3 is 3.12 bits per heavy atom. The number of rotatable bonds is 6. The van der Waals surface area contributed by atoms with Crippen molar-refractivity contribution in [2.75, 3.05) is 12.3 Å². The predicted octanol–water partition coefficient (Wildman–Crippen LogP) is 2.23. The van der Waals surface area contributed by atoms with Crippen LogP contribution in [-0.4, -0.2) is 48.4 Å². The van der Waals surface area contributed by atoms with E-state index in [1.165, 1.54) is 11.8 Å². The lowest BCUT2D eigenvalue weighted by atomic mass is 10.3. The summed E-state index contributed by atoms with van der Waals surface area (Å²) in [4.78, 5) is 20.7. The normalized spacial score (nSPS) is 14.8. The van der Waals surface area contributed by atoms with E-state index in [-0.39, 0.29) is 11.2 Å². The topological polar surface area (TPSA) is 85.1 Å². The van der Waals surface area contributed by atoms with Crippen LogP contribution >= 0.6 is 23.5 Å². The molecule has 0 spiro atoms. The van der Waals surface area contributed by atoms with E-state index < -0.39 is 0 Å². The van der Waals surface area contributed by atoms with E-state index in [2.05, 4.69) is 32.1 Å². The van der Waals surface area contributed by atoms with Crippen LogP contribution in [0.15, 0.2) is 47.3 Å². The molecule has 1 atom stereocenters. The lowest BCUT2D eigenvalue weighted by Crippen LogP contribution is -2.34. The average Bonchev–Trinajstić information content (AvgIpc) is 3.26. The highest BCUT2D eigenvalue weighted by atomic mass is 32.2. The minimum Gasteiger partial charge on any atom is -0.304 e. The average molecular weight is 374 g/mol. The molecule has 3 rings (SSSR count). The molecule has 9 heteroatoms. The van der Waals surface area contributed by atoms with Crippen molar-refractivity contribution in [2.24, 2.45) is 4.99 Å². The van der Waals surface area contributed by atoms with Gasteiger partial charge in [0.05, 0.1) is 11.8 Å². The lowest BCUT2D eigenvalue weighted by Gasteiger charge is -2.12. The third kappa shape index (κ3) is 4.29. The van der Waals surface area contributed by atoms with Gasteiger partial charge in [-0.25, -0.2) is 0 Å². The Balaban J connectivity index is 1.76. The first-order valence-electron chi connectivity index (χ1n) is 7.78. The van der Waals surface area contributed by atoms with Gasteiger partial charge in [0.25, 0.3) is 0 Å². The van der Waals surface area contributed by atoms with Gasteiger partial charge in [-0.2, -0.15) is 0 Å². The van der Waals surface area contributed by atoms with Gasteiger partial charge in [-0.05, 0) is 19.1 Å². The summed E-state index contributed by atoms with van der Waals surface area (Å²) in [7, 11) is 0. The van der Waals surface area contributed by atoms with Crippen LogP contribution in [0.2, 0.25) is 0 Å². The van der Waals surface area contributed by atoms with Crippen LogP contribution in [0.4, 0.5) is 0 Å². The minimum absolute atomic E-state index is 0.0887. The Labute approximate surface area is 154 Å². The molecule has 1 aliphatic heterocycles. The molecule has 2 aromatic rings. The van der Waals surface area contributed by atoms with Crippen molar-refractivity contribution in [1.29, 1.82) is 0 Å². The number of nitrogens with one attached hydrogen (secondary N) is 1. The summed E-state index contributed by atoms with van der Waals surface area (Å²) in [6, 6.07) is 3.78. The van der Waals surface area contributed by atoms with E-state index in [1.807, 2.05) is 23.6 Å². The number of aromatic nitrogens is 4. The quantitative estimate of drug-likeness (QED) is 0.616. The smallest absolute Gasteiger partial charge is 0.239 e. The molecule has 3 heterocycles. The molecule has 0 bridgehead atoms. The summed E-state index contributed by atoms with van der Waals surface area (Å²) < 4.78 is 1.93. The van der Waals surface area contributed by atoms with E-state index in [0.29, 0.717) is 22.7 Å².